The molecular formula is C21H19N3O6. The molecule has 9 heteroatoms. The van der Waals surface area contributed by atoms with Crippen LogP contribution in [0.4, 0.5) is 11.4 Å². The Balaban J connectivity index is 1.58. The van der Waals surface area contributed by atoms with Crippen LogP contribution in [0.15, 0.2) is 71.3 Å². The minimum atomic E-state index is -0.833. The van der Waals surface area contributed by atoms with E-state index in [0.29, 0.717) is 12.3 Å². The van der Waals surface area contributed by atoms with E-state index in [4.69, 9.17) is 9.15 Å². The highest BCUT2D eigenvalue weighted by Gasteiger charge is 2.19. The molecule has 3 rings (SSSR count). The van der Waals surface area contributed by atoms with Crippen molar-refractivity contribution in [2.24, 2.45) is 0 Å². The number of benzene rings is 2. The van der Waals surface area contributed by atoms with Gasteiger partial charge in [-0.3, -0.25) is 14.9 Å². The molecule has 0 saturated heterocycles. The van der Waals surface area contributed by atoms with E-state index in [-0.39, 0.29) is 23.5 Å². The molecule has 0 saturated carbocycles. The van der Waals surface area contributed by atoms with E-state index >= 15 is 0 Å². The monoisotopic (exact) mass is 409 g/mol. The molecule has 1 heterocycles. The zero-order chi connectivity index (χ0) is 21.3. The quantitative estimate of drug-likeness (QED) is 0.316. The number of esters is 1. The van der Waals surface area contributed by atoms with Crippen LogP contribution in [0.25, 0.3) is 0 Å². The van der Waals surface area contributed by atoms with Crippen LogP contribution in [-0.2, 0) is 22.6 Å². The highest BCUT2D eigenvalue weighted by atomic mass is 16.6. The van der Waals surface area contributed by atoms with Crippen LogP contribution in [0.1, 0.15) is 21.7 Å². The fourth-order valence-corrected chi connectivity index (χ4v) is 2.62. The van der Waals surface area contributed by atoms with Gasteiger partial charge in [0.2, 0.25) is 0 Å². The molecular weight excluding hydrogens is 390 g/mol. The van der Waals surface area contributed by atoms with Gasteiger partial charge in [0.25, 0.3) is 11.6 Å². The summed E-state index contributed by atoms with van der Waals surface area (Å²) in [5, 5.41) is 16.9. The van der Waals surface area contributed by atoms with E-state index in [1.807, 2.05) is 30.3 Å². The molecule has 0 unspecified atom stereocenters. The second-order valence-corrected chi connectivity index (χ2v) is 6.26. The van der Waals surface area contributed by atoms with Gasteiger partial charge in [-0.15, -0.1) is 0 Å². The molecule has 0 bridgehead atoms. The van der Waals surface area contributed by atoms with Crippen molar-refractivity contribution in [3.8, 4) is 0 Å². The number of nitrogens with zero attached hydrogens (tertiary/aromatic N) is 1. The largest absolute Gasteiger partial charge is 0.467 e. The number of nitro benzene ring substituents is 1. The standard InChI is InChI=1S/C21H19N3O6/c25-20(23-13-17-7-4-10-29-17)14-30-21(26)16-8-9-18(19(11-16)24(27)28)22-12-15-5-2-1-3-6-15/h1-11,22H,12-14H2,(H,23,25). The van der Waals surface area contributed by atoms with Gasteiger partial charge in [-0.25, -0.2) is 4.79 Å². The van der Waals surface area contributed by atoms with Crippen molar-refractivity contribution in [1.29, 1.82) is 0 Å². The van der Waals surface area contributed by atoms with Crippen molar-refractivity contribution in [1.82, 2.24) is 5.32 Å². The van der Waals surface area contributed by atoms with Gasteiger partial charge in [-0.1, -0.05) is 30.3 Å². The van der Waals surface area contributed by atoms with Crippen LogP contribution in [0.5, 0.6) is 0 Å². The van der Waals surface area contributed by atoms with Gasteiger partial charge in [-0.2, -0.15) is 0 Å². The lowest BCUT2D eigenvalue weighted by atomic mass is 10.1. The number of carbonyl (C=O) groups is 2. The zero-order valence-electron chi connectivity index (χ0n) is 15.9. The molecule has 0 aliphatic heterocycles. The molecule has 0 spiro atoms. The first-order chi connectivity index (χ1) is 14.5. The van der Waals surface area contributed by atoms with Crippen LogP contribution < -0.4 is 10.6 Å². The Morgan fingerprint density at radius 1 is 1.03 bits per heavy atom. The Kier molecular flexibility index (Phi) is 6.78. The van der Waals surface area contributed by atoms with Crippen molar-refractivity contribution in [2.45, 2.75) is 13.1 Å². The van der Waals surface area contributed by atoms with Crippen molar-refractivity contribution in [3.63, 3.8) is 0 Å². The first-order valence-corrected chi connectivity index (χ1v) is 9.05. The van der Waals surface area contributed by atoms with E-state index < -0.39 is 23.4 Å². The van der Waals surface area contributed by atoms with Crippen molar-refractivity contribution in [3.05, 3.63) is 93.9 Å². The Morgan fingerprint density at radius 3 is 2.53 bits per heavy atom. The van der Waals surface area contributed by atoms with Gasteiger partial charge in [0, 0.05) is 12.6 Å². The fourth-order valence-electron chi connectivity index (χ4n) is 2.62. The predicted molar refractivity (Wildman–Crippen MR) is 108 cm³/mol. The minimum Gasteiger partial charge on any atom is -0.467 e. The highest BCUT2D eigenvalue weighted by Crippen LogP contribution is 2.26. The van der Waals surface area contributed by atoms with Crippen LogP contribution >= 0.6 is 0 Å². The third-order valence-electron chi connectivity index (χ3n) is 4.13. The minimum absolute atomic E-state index is 0.0224. The van der Waals surface area contributed by atoms with Gasteiger partial charge in [0.05, 0.1) is 23.3 Å². The second-order valence-electron chi connectivity index (χ2n) is 6.26. The van der Waals surface area contributed by atoms with Crippen LogP contribution in [0.2, 0.25) is 0 Å². The molecule has 2 N–H and O–H groups in total. The summed E-state index contributed by atoms with van der Waals surface area (Å²) in [5.74, 6) is -0.792. The van der Waals surface area contributed by atoms with E-state index in [2.05, 4.69) is 10.6 Å². The van der Waals surface area contributed by atoms with Crippen molar-refractivity contribution < 1.29 is 23.7 Å². The molecule has 0 fully saturated rings. The summed E-state index contributed by atoms with van der Waals surface area (Å²) < 4.78 is 10.0. The Morgan fingerprint density at radius 2 is 1.83 bits per heavy atom. The average Bonchev–Trinajstić information content (AvgIpc) is 3.29. The number of hydrogen-bond acceptors (Lipinski definition) is 7. The number of amides is 1. The third-order valence-corrected chi connectivity index (χ3v) is 4.13. The molecule has 1 amide bonds. The molecule has 30 heavy (non-hydrogen) atoms. The first kappa shape index (κ1) is 20.6. The number of anilines is 1. The zero-order valence-corrected chi connectivity index (χ0v) is 15.9. The Labute approximate surface area is 171 Å². The number of hydrogen-bond donors (Lipinski definition) is 2. The number of carbonyl (C=O) groups excluding carboxylic acids is 2. The smallest absolute Gasteiger partial charge is 0.338 e. The molecule has 0 atom stereocenters. The summed E-state index contributed by atoms with van der Waals surface area (Å²) in [4.78, 5) is 34.8. The number of nitro groups is 1. The topological polar surface area (TPSA) is 124 Å². The van der Waals surface area contributed by atoms with Crippen LogP contribution in [0.3, 0.4) is 0 Å². The summed E-state index contributed by atoms with van der Waals surface area (Å²) in [7, 11) is 0. The third kappa shape index (κ3) is 5.68. The second kappa shape index (κ2) is 9.87. The maximum Gasteiger partial charge on any atom is 0.338 e. The van der Waals surface area contributed by atoms with E-state index in [9.17, 15) is 19.7 Å². The van der Waals surface area contributed by atoms with Gasteiger partial charge in [0.15, 0.2) is 6.61 Å². The molecule has 154 valence electrons. The lowest BCUT2D eigenvalue weighted by Gasteiger charge is -2.09. The Hall–Kier alpha value is -4.14. The number of ether oxygens (including phenoxy) is 1. The molecule has 0 radical (unpaired) electrons. The predicted octanol–water partition coefficient (Wildman–Crippen LogP) is 3.27. The maximum atomic E-state index is 12.2. The first-order valence-electron chi connectivity index (χ1n) is 9.05. The molecule has 9 nitrogen and oxygen atoms in total. The number of furan rings is 1. The average molecular weight is 409 g/mol. The summed E-state index contributed by atoms with van der Waals surface area (Å²) in [5.41, 5.74) is 0.945. The van der Waals surface area contributed by atoms with Gasteiger partial charge < -0.3 is 19.8 Å². The van der Waals surface area contributed by atoms with E-state index in [1.165, 1.54) is 18.4 Å². The molecule has 0 aliphatic carbocycles. The number of rotatable bonds is 9. The lowest BCUT2D eigenvalue weighted by molar-refractivity contribution is -0.384. The summed E-state index contributed by atoms with van der Waals surface area (Å²) >= 11 is 0. The van der Waals surface area contributed by atoms with Crippen molar-refractivity contribution >= 4 is 23.3 Å². The summed E-state index contributed by atoms with van der Waals surface area (Å²) in [6.45, 7) is 0.0410. The summed E-state index contributed by atoms with van der Waals surface area (Å²) in [6, 6.07) is 16.7. The fraction of sp³-hybridized carbons (Fsp3) is 0.143. The molecule has 1 aromatic heterocycles. The molecule has 2 aromatic carbocycles. The molecule has 0 aliphatic rings. The normalized spacial score (nSPS) is 10.3. The number of nitrogens with one attached hydrogen (secondary N) is 2. The van der Waals surface area contributed by atoms with Crippen molar-refractivity contribution in [2.75, 3.05) is 11.9 Å². The van der Waals surface area contributed by atoms with Crippen LogP contribution in [-0.4, -0.2) is 23.4 Å². The van der Waals surface area contributed by atoms with Crippen LogP contribution in [0, 0.1) is 10.1 Å². The van der Waals surface area contributed by atoms with Gasteiger partial charge in [-0.05, 0) is 29.8 Å². The Bertz CT molecular complexity index is 1020. The van der Waals surface area contributed by atoms with Gasteiger partial charge >= 0.3 is 5.97 Å². The SMILES string of the molecule is O=C(COC(=O)c1ccc(NCc2ccccc2)c([N+](=O)[O-])c1)NCc1ccco1. The maximum absolute atomic E-state index is 12.2. The lowest BCUT2D eigenvalue weighted by Crippen LogP contribution is -2.28. The van der Waals surface area contributed by atoms with E-state index in [1.54, 1.807) is 12.1 Å². The summed E-state index contributed by atoms with van der Waals surface area (Å²) in [6.07, 6.45) is 1.48. The highest BCUT2D eigenvalue weighted by molar-refractivity contribution is 5.93. The molecule has 3 aromatic rings. The van der Waals surface area contributed by atoms with E-state index in [0.717, 1.165) is 11.6 Å². The van der Waals surface area contributed by atoms with Gasteiger partial charge in [0.1, 0.15) is 11.4 Å².